The summed E-state index contributed by atoms with van der Waals surface area (Å²) in [6.45, 7) is 0. The summed E-state index contributed by atoms with van der Waals surface area (Å²) in [5.74, 6) is 0. The van der Waals surface area contributed by atoms with Gasteiger partial charge in [-0.25, -0.2) is 0 Å². The Morgan fingerprint density at radius 2 is 0.333 bits per heavy atom. The first-order valence-corrected chi connectivity index (χ1v) is 0. The molecule has 15 radical (unpaired) electrons. The van der Waals surface area contributed by atoms with Crippen LogP contribution in [0.2, 0.25) is 0 Å². The van der Waals surface area contributed by atoms with Gasteiger partial charge in [-0.2, -0.15) is 0 Å². The van der Waals surface area contributed by atoms with E-state index in [0.29, 0.717) is 0 Å². The van der Waals surface area contributed by atoms with Gasteiger partial charge >= 0.3 is 0 Å². The average molecular weight is 71.1 g/mol. The molecule has 6 heteroatoms. The largest absolute Gasteiger partial charge is 0.344 e. The van der Waals surface area contributed by atoms with Crippen LogP contribution in [-0.2, 0) is 0 Å². The first kappa shape index (κ1) is 2170. The number of hydrogen-bond acceptors (Lipinski definition) is 1. The second-order valence-corrected chi connectivity index (χ2v) is 0. The lowest BCUT2D eigenvalue weighted by molar-refractivity contribution is 2.13. The lowest BCUT2D eigenvalue weighted by atomic mass is 10.8. The van der Waals surface area contributed by atoms with Crippen molar-refractivity contribution in [1.82, 2.24) is 6.15 Å². The highest BCUT2D eigenvalue weighted by Gasteiger charge is 0.00401. The summed E-state index contributed by atoms with van der Waals surface area (Å²) in [6, 6.07) is 0. The van der Waals surface area contributed by atoms with Crippen LogP contribution in [0.4, 0.5) is 0 Å². The van der Waals surface area contributed by atoms with Crippen LogP contribution in [0.25, 0.3) is 0 Å². The van der Waals surface area contributed by atoms with Crippen molar-refractivity contribution in [2.45, 2.75) is 0 Å². The zero-order chi connectivity index (χ0) is 0. The topological polar surface area (TPSA) is 35.0 Å². The van der Waals surface area contributed by atoms with Gasteiger partial charge in [0.25, 0.3) is 0 Å². The summed E-state index contributed by atoms with van der Waals surface area (Å²) < 4.78 is 0. The van der Waals surface area contributed by atoms with E-state index in [2.05, 4.69) is 0 Å². The van der Waals surface area contributed by atoms with Crippen LogP contribution >= 0.6 is 0 Å². The molecule has 0 aliphatic rings. The van der Waals surface area contributed by atoms with Crippen molar-refractivity contribution >= 4 is 42.1 Å². The number of hydrogen-bond donors (Lipinski definition) is 1. The fourth-order valence-electron chi connectivity index (χ4n) is 0. The normalized spacial score (nSPS) is 0. The Balaban J connectivity index is 0. The predicted molar refractivity (Wildman–Crippen MR) is 33.8 cm³/mol. The molecule has 0 saturated carbocycles. The van der Waals surface area contributed by atoms with Gasteiger partial charge in [-0.15, -0.1) is 0 Å². The van der Waals surface area contributed by atoms with Crippen LogP contribution in [0.15, 0.2) is 0 Å². The highest BCUT2D eigenvalue weighted by Crippen LogP contribution is -0.377. The highest BCUT2D eigenvalue weighted by atomic mass is 14.0. The molecule has 0 fully saturated rings. The van der Waals surface area contributed by atoms with Crippen LogP contribution in [-0.4, -0.2) is 42.1 Å². The Kier molecular flexibility index (Phi) is 432000. The van der Waals surface area contributed by atoms with Crippen LogP contribution < -0.4 is 6.15 Å². The molecule has 0 aliphatic carbocycles. The zero-order valence-electron chi connectivity index (χ0n) is 3.59. The standard InChI is InChI=1S/5B.H3N/h;;;;;1H3. The Labute approximate surface area is 49.1 Å². The fourth-order valence-corrected chi connectivity index (χ4v) is 0. The van der Waals surface area contributed by atoms with Gasteiger partial charge in [-0.1, -0.05) is 0 Å². The molecule has 0 aliphatic heterocycles. The molecule has 0 amide bonds. The molecule has 3 N–H and O–H groups in total. The molecular weight excluding hydrogens is 68.1 g/mol. The van der Waals surface area contributed by atoms with Crippen LogP contribution in [0.5, 0.6) is 0 Å². The van der Waals surface area contributed by atoms with E-state index in [1.807, 2.05) is 0 Å². The molecule has 0 aromatic rings. The van der Waals surface area contributed by atoms with Crippen molar-refractivity contribution in [3.8, 4) is 0 Å². The Bertz CT molecular complexity index is 3.90. The third kappa shape index (κ3) is 570. The van der Waals surface area contributed by atoms with Crippen molar-refractivity contribution in [2.24, 2.45) is 0 Å². The summed E-state index contributed by atoms with van der Waals surface area (Å²) in [4.78, 5) is 0. The maximum atomic E-state index is 0. The Morgan fingerprint density at radius 3 is 0.333 bits per heavy atom. The molecule has 0 spiro atoms. The lowest BCUT2D eigenvalue weighted by Gasteiger charge is -0.344. The molecule has 0 saturated heterocycles. The molecule has 0 aromatic carbocycles. The number of rotatable bonds is 0. The van der Waals surface area contributed by atoms with Crippen LogP contribution in [0, 0.1) is 0 Å². The van der Waals surface area contributed by atoms with Gasteiger partial charge in [-0.05, 0) is 0 Å². The molecule has 0 rings (SSSR count). The molecule has 0 bridgehead atoms. The Hall–Kier alpha value is 0.285. The van der Waals surface area contributed by atoms with Crippen LogP contribution in [0.3, 0.4) is 0 Å². The van der Waals surface area contributed by atoms with Gasteiger partial charge in [0.1, 0.15) is 0 Å². The molecular formula is H3B5N. The monoisotopic (exact) mass is 72.1 g/mol. The van der Waals surface area contributed by atoms with Gasteiger partial charge in [0.2, 0.25) is 0 Å². The summed E-state index contributed by atoms with van der Waals surface area (Å²) in [6.07, 6.45) is 0. The minimum atomic E-state index is 0. The average Bonchev–Trinajstić information content (AvgIpc) is 0. The zero-order valence-corrected chi connectivity index (χ0v) is 3.59. The van der Waals surface area contributed by atoms with Gasteiger partial charge in [0.05, 0.1) is 0 Å². The SMILES string of the molecule is N.[B].[B].[B].[B].[B]. The lowest BCUT2D eigenvalue weighted by Crippen LogP contribution is -0.481. The van der Waals surface area contributed by atoms with Gasteiger partial charge < -0.3 is 6.15 Å². The van der Waals surface area contributed by atoms with Crippen molar-refractivity contribution in [3.05, 3.63) is 0 Å². The maximum Gasteiger partial charge on any atom is 0 e. The van der Waals surface area contributed by atoms with Gasteiger partial charge in [-0.3, -0.25) is 0 Å². The van der Waals surface area contributed by atoms with E-state index in [9.17, 15) is 0 Å². The molecule has 23 valence electrons. The molecule has 0 unspecified atom stereocenters. The van der Waals surface area contributed by atoms with E-state index >= 15 is 0 Å². The highest BCUT2D eigenvalue weighted by molar-refractivity contribution is 5.76. The second-order valence-electron chi connectivity index (χ2n) is 0. The summed E-state index contributed by atoms with van der Waals surface area (Å²) in [5.41, 5.74) is 0. The molecule has 0 atom stereocenters. The first-order chi connectivity index (χ1) is 0. The van der Waals surface area contributed by atoms with Crippen molar-refractivity contribution < 1.29 is 0 Å². The van der Waals surface area contributed by atoms with Crippen molar-refractivity contribution in [3.63, 3.8) is 0 Å². The van der Waals surface area contributed by atoms with Crippen LogP contribution in [0.1, 0.15) is 0 Å². The second kappa shape index (κ2) is 1200. The Morgan fingerprint density at radius 1 is 0.333 bits per heavy atom. The summed E-state index contributed by atoms with van der Waals surface area (Å²) in [7, 11) is 0. The van der Waals surface area contributed by atoms with Crippen molar-refractivity contribution in [2.75, 3.05) is 0 Å². The third-order valence-electron chi connectivity index (χ3n) is 0. The summed E-state index contributed by atoms with van der Waals surface area (Å²) in [5, 5.41) is 0. The van der Waals surface area contributed by atoms with E-state index in [0.717, 1.165) is 0 Å². The van der Waals surface area contributed by atoms with E-state index < -0.39 is 0 Å². The first-order valence-electron chi connectivity index (χ1n) is 0. The van der Waals surface area contributed by atoms with E-state index in [-0.39, 0.29) is 48.2 Å². The van der Waals surface area contributed by atoms with Gasteiger partial charge in [0, 0.05) is 42.1 Å². The van der Waals surface area contributed by atoms with E-state index in [1.165, 1.54) is 0 Å². The smallest absolute Gasteiger partial charge is 0 e. The van der Waals surface area contributed by atoms with E-state index in [1.54, 1.807) is 0 Å². The van der Waals surface area contributed by atoms with Crippen molar-refractivity contribution in [1.29, 1.82) is 0 Å². The summed E-state index contributed by atoms with van der Waals surface area (Å²) >= 11 is 0. The minimum absolute atomic E-state index is 0. The predicted octanol–water partition coefficient (Wildman–Crippen LogP) is -1.74. The third-order valence-corrected chi connectivity index (χ3v) is 0. The molecule has 6 heavy (non-hydrogen) atoms. The molecule has 0 aromatic heterocycles. The van der Waals surface area contributed by atoms with Gasteiger partial charge in [0.15, 0.2) is 0 Å². The minimum Gasteiger partial charge on any atom is -0.344 e. The maximum absolute atomic E-state index is 0. The van der Waals surface area contributed by atoms with E-state index in [4.69, 9.17) is 0 Å². The fraction of sp³-hybridized carbons (Fsp3) is 0. The quantitative estimate of drug-likeness (QED) is 0.338. The molecule has 0 heterocycles. The molecule has 1 nitrogen and oxygen atoms in total.